The van der Waals surface area contributed by atoms with Crippen LogP contribution in [-0.2, 0) is 6.54 Å². The van der Waals surface area contributed by atoms with Gasteiger partial charge in [0.2, 0.25) is 0 Å². The Morgan fingerprint density at radius 2 is 2.00 bits per heavy atom. The van der Waals surface area contributed by atoms with Gasteiger partial charge in [0, 0.05) is 18.2 Å². The lowest BCUT2D eigenvalue weighted by Gasteiger charge is -2.11. The van der Waals surface area contributed by atoms with Crippen LogP contribution in [0.1, 0.15) is 24.3 Å². The summed E-state index contributed by atoms with van der Waals surface area (Å²) in [5.41, 5.74) is -0.197. The molecule has 0 aliphatic carbocycles. The third kappa shape index (κ3) is 3.42. The Morgan fingerprint density at radius 3 is 2.57 bits per heavy atom. The lowest BCUT2D eigenvalue weighted by molar-refractivity contribution is -0.394. The van der Waals surface area contributed by atoms with Gasteiger partial charge in [-0.3, -0.25) is 20.2 Å². The number of rotatable bonds is 6. The van der Waals surface area contributed by atoms with Gasteiger partial charge in [0.15, 0.2) is 0 Å². The molecule has 0 bridgehead atoms. The maximum Gasteiger partial charge on any atom is 0.280 e. The number of furan rings is 1. The summed E-state index contributed by atoms with van der Waals surface area (Å²) in [6.07, 6.45) is 1.54. The van der Waals surface area contributed by atoms with Crippen LogP contribution in [0.15, 0.2) is 41.0 Å². The Balaban J connectivity index is 2.16. The van der Waals surface area contributed by atoms with E-state index in [2.05, 4.69) is 5.32 Å². The number of nitro benzene ring substituents is 2. The van der Waals surface area contributed by atoms with Gasteiger partial charge in [0.1, 0.15) is 5.76 Å². The molecule has 0 radical (unpaired) electrons. The van der Waals surface area contributed by atoms with Gasteiger partial charge < -0.3 is 9.73 Å². The third-order valence-electron chi connectivity index (χ3n) is 3.05. The van der Waals surface area contributed by atoms with E-state index in [-0.39, 0.29) is 24.0 Å². The SMILES string of the molecule is C[C@H](NCc1ccc([N+](=O)[O-])cc1[N+](=O)[O-])c1ccco1. The van der Waals surface area contributed by atoms with Crippen LogP contribution in [-0.4, -0.2) is 9.85 Å². The van der Waals surface area contributed by atoms with Gasteiger partial charge in [0.25, 0.3) is 11.4 Å². The summed E-state index contributed by atoms with van der Waals surface area (Å²) in [5.74, 6) is 0.708. The molecule has 1 aromatic carbocycles. The highest BCUT2D eigenvalue weighted by molar-refractivity contribution is 5.49. The van der Waals surface area contributed by atoms with Crippen LogP contribution in [0.2, 0.25) is 0 Å². The second-order valence-electron chi connectivity index (χ2n) is 4.45. The average molecular weight is 291 g/mol. The first-order valence-corrected chi connectivity index (χ1v) is 6.17. The van der Waals surface area contributed by atoms with Crippen molar-refractivity contribution >= 4 is 11.4 Å². The van der Waals surface area contributed by atoms with Gasteiger partial charge in [0.05, 0.1) is 28.2 Å². The standard InChI is InChI=1S/C13H13N3O5/c1-9(13-3-2-6-21-13)14-8-10-4-5-11(15(17)18)7-12(10)16(19)20/h2-7,9,14H,8H2,1H3/t9-/m0/s1. The van der Waals surface area contributed by atoms with Crippen molar-refractivity contribution in [3.63, 3.8) is 0 Å². The number of nitrogens with one attached hydrogen (secondary N) is 1. The van der Waals surface area contributed by atoms with Crippen molar-refractivity contribution in [2.24, 2.45) is 0 Å². The number of hydrogen-bond donors (Lipinski definition) is 1. The van der Waals surface area contributed by atoms with Gasteiger partial charge in [-0.15, -0.1) is 0 Å². The summed E-state index contributed by atoms with van der Waals surface area (Å²) < 4.78 is 5.23. The van der Waals surface area contributed by atoms with E-state index in [1.165, 1.54) is 12.1 Å². The van der Waals surface area contributed by atoms with Gasteiger partial charge in [-0.2, -0.15) is 0 Å². The van der Waals surface area contributed by atoms with Crippen LogP contribution in [0.3, 0.4) is 0 Å². The molecule has 2 aromatic rings. The molecule has 0 aliphatic heterocycles. The fourth-order valence-corrected chi connectivity index (χ4v) is 1.89. The van der Waals surface area contributed by atoms with Crippen LogP contribution in [0.4, 0.5) is 11.4 Å². The molecule has 110 valence electrons. The van der Waals surface area contributed by atoms with Crippen LogP contribution in [0, 0.1) is 20.2 Å². The molecule has 0 saturated carbocycles. The van der Waals surface area contributed by atoms with Crippen molar-refractivity contribution in [2.45, 2.75) is 19.5 Å². The minimum Gasteiger partial charge on any atom is -0.468 e. The molecule has 0 unspecified atom stereocenters. The Labute approximate surface area is 119 Å². The zero-order valence-electron chi connectivity index (χ0n) is 11.2. The largest absolute Gasteiger partial charge is 0.468 e. The fourth-order valence-electron chi connectivity index (χ4n) is 1.89. The normalized spacial score (nSPS) is 12.0. The zero-order chi connectivity index (χ0) is 15.4. The topological polar surface area (TPSA) is 111 Å². The monoisotopic (exact) mass is 291 g/mol. The molecule has 0 aliphatic rings. The van der Waals surface area contributed by atoms with Crippen LogP contribution < -0.4 is 5.32 Å². The first kappa shape index (κ1) is 14.7. The number of nitrogens with zero attached hydrogens (tertiary/aromatic N) is 2. The van der Waals surface area contributed by atoms with Crippen LogP contribution >= 0.6 is 0 Å². The van der Waals surface area contributed by atoms with Crippen molar-refractivity contribution < 1.29 is 14.3 Å². The van der Waals surface area contributed by atoms with E-state index in [0.29, 0.717) is 11.3 Å². The van der Waals surface area contributed by atoms with E-state index < -0.39 is 9.85 Å². The molecular formula is C13H13N3O5. The number of benzene rings is 1. The summed E-state index contributed by atoms with van der Waals surface area (Å²) >= 11 is 0. The van der Waals surface area contributed by atoms with Gasteiger partial charge in [-0.1, -0.05) is 0 Å². The van der Waals surface area contributed by atoms with Gasteiger partial charge >= 0.3 is 0 Å². The molecule has 1 aromatic heterocycles. The third-order valence-corrected chi connectivity index (χ3v) is 3.05. The Bertz CT molecular complexity index is 654. The molecule has 0 spiro atoms. The highest BCUT2D eigenvalue weighted by atomic mass is 16.6. The summed E-state index contributed by atoms with van der Waals surface area (Å²) in [7, 11) is 0. The van der Waals surface area contributed by atoms with E-state index in [0.717, 1.165) is 6.07 Å². The zero-order valence-corrected chi connectivity index (χ0v) is 11.2. The number of hydrogen-bond acceptors (Lipinski definition) is 6. The smallest absolute Gasteiger partial charge is 0.280 e. The van der Waals surface area contributed by atoms with E-state index in [1.807, 2.05) is 6.92 Å². The lowest BCUT2D eigenvalue weighted by atomic mass is 10.1. The van der Waals surface area contributed by atoms with Crippen LogP contribution in [0.5, 0.6) is 0 Å². The molecule has 1 heterocycles. The number of nitro groups is 2. The quantitative estimate of drug-likeness (QED) is 0.646. The average Bonchev–Trinajstić information content (AvgIpc) is 2.98. The van der Waals surface area contributed by atoms with Gasteiger partial charge in [-0.25, -0.2) is 0 Å². The molecule has 0 fully saturated rings. The predicted octanol–water partition coefficient (Wildman–Crippen LogP) is 2.95. The summed E-state index contributed by atoms with van der Waals surface area (Å²) in [6, 6.07) is 7.02. The molecule has 0 saturated heterocycles. The second-order valence-corrected chi connectivity index (χ2v) is 4.45. The second kappa shape index (κ2) is 6.14. The minimum absolute atomic E-state index is 0.130. The first-order chi connectivity index (χ1) is 9.99. The van der Waals surface area contributed by atoms with E-state index in [1.54, 1.807) is 18.4 Å². The lowest BCUT2D eigenvalue weighted by Crippen LogP contribution is -2.18. The maximum atomic E-state index is 11.0. The van der Waals surface area contributed by atoms with Crippen molar-refractivity contribution in [3.8, 4) is 0 Å². The van der Waals surface area contributed by atoms with E-state index in [4.69, 9.17) is 4.42 Å². The van der Waals surface area contributed by atoms with Crippen molar-refractivity contribution in [1.29, 1.82) is 0 Å². The Morgan fingerprint density at radius 1 is 1.24 bits per heavy atom. The highest BCUT2D eigenvalue weighted by Crippen LogP contribution is 2.25. The first-order valence-electron chi connectivity index (χ1n) is 6.17. The molecule has 8 nitrogen and oxygen atoms in total. The van der Waals surface area contributed by atoms with Crippen molar-refractivity contribution in [3.05, 3.63) is 68.1 Å². The molecule has 1 atom stereocenters. The van der Waals surface area contributed by atoms with Gasteiger partial charge in [-0.05, 0) is 25.1 Å². The molecule has 2 rings (SSSR count). The molecule has 8 heteroatoms. The number of non-ortho nitro benzene ring substituents is 1. The van der Waals surface area contributed by atoms with E-state index in [9.17, 15) is 20.2 Å². The predicted molar refractivity (Wildman–Crippen MR) is 73.7 cm³/mol. The van der Waals surface area contributed by atoms with Crippen LogP contribution in [0.25, 0.3) is 0 Å². The maximum absolute atomic E-state index is 11.0. The summed E-state index contributed by atoms with van der Waals surface area (Å²) in [5, 5.41) is 24.7. The van der Waals surface area contributed by atoms with E-state index >= 15 is 0 Å². The fraction of sp³-hybridized carbons (Fsp3) is 0.231. The molecule has 0 amide bonds. The van der Waals surface area contributed by atoms with Crippen molar-refractivity contribution in [1.82, 2.24) is 5.32 Å². The molecule has 1 N–H and O–H groups in total. The summed E-state index contributed by atoms with van der Waals surface area (Å²) in [6.45, 7) is 2.06. The summed E-state index contributed by atoms with van der Waals surface area (Å²) in [4.78, 5) is 20.4. The van der Waals surface area contributed by atoms with Crippen molar-refractivity contribution in [2.75, 3.05) is 0 Å². The Kier molecular flexibility index (Phi) is 4.29. The molecule has 21 heavy (non-hydrogen) atoms. The molecular weight excluding hydrogens is 278 g/mol. The highest BCUT2D eigenvalue weighted by Gasteiger charge is 2.19. The minimum atomic E-state index is -0.657. The Hall–Kier alpha value is -2.74.